The van der Waals surface area contributed by atoms with Crippen molar-refractivity contribution in [2.75, 3.05) is 13.2 Å². The minimum absolute atomic E-state index is 0.0102. The van der Waals surface area contributed by atoms with Gasteiger partial charge in [0.25, 0.3) is 0 Å². The second kappa shape index (κ2) is 5.90. The van der Waals surface area contributed by atoms with E-state index in [1.54, 1.807) is 24.3 Å². The van der Waals surface area contributed by atoms with Crippen LogP contribution < -0.4 is 0 Å². The standard InChI is InChI=1S/C13H12O6/c14-11(15)10(13-17-6-7-18-13)12(16)19-8-9-4-2-1-3-5-9/h1-5H,6-8H2,(H,14,15). The van der Waals surface area contributed by atoms with Gasteiger partial charge in [-0.1, -0.05) is 30.3 Å². The lowest BCUT2D eigenvalue weighted by atomic mass is 10.2. The van der Waals surface area contributed by atoms with Gasteiger partial charge in [0, 0.05) is 0 Å². The van der Waals surface area contributed by atoms with Gasteiger partial charge >= 0.3 is 17.9 Å². The second-order valence-electron chi connectivity index (χ2n) is 3.73. The van der Waals surface area contributed by atoms with E-state index in [-0.39, 0.29) is 25.8 Å². The number of rotatable bonds is 4. The van der Waals surface area contributed by atoms with Crippen LogP contribution in [0.2, 0.25) is 0 Å². The summed E-state index contributed by atoms with van der Waals surface area (Å²) in [5, 5.41) is 8.98. The average molecular weight is 264 g/mol. The summed E-state index contributed by atoms with van der Waals surface area (Å²) >= 11 is 0. The van der Waals surface area contributed by atoms with E-state index in [1.165, 1.54) is 0 Å². The summed E-state index contributed by atoms with van der Waals surface area (Å²) in [6.45, 7) is 0.430. The highest BCUT2D eigenvalue weighted by atomic mass is 16.7. The first-order valence-corrected chi connectivity index (χ1v) is 5.62. The summed E-state index contributed by atoms with van der Waals surface area (Å²) in [6, 6.07) is 8.95. The molecule has 0 unspecified atom stereocenters. The normalized spacial score (nSPS) is 13.4. The fourth-order valence-electron chi connectivity index (χ4n) is 1.51. The van der Waals surface area contributed by atoms with E-state index in [1.807, 2.05) is 6.07 Å². The topological polar surface area (TPSA) is 82.1 Å². The third-order valence-electron chi connectivity index (χ3n) is 2.38. The number of hydrogen-bond donors (Lipinski definition) is 1. The summed E-state index contributed by atoms with van der Waals surface area (Å²) in [7, 11) is 0. The van der Waals surface area contributed by atoms with Gasteiger partial charge in [0.2, 0.25) is 5.57 Å². The molecule has 1 aliphatic rings. The van der Waals surface area contributed by atoms with Crippen LogP contribution in [0.5, 0.6) is 0 Å². The zero-order chi connectivity index (χ0) is 13.7. The lowest BCUT2D eigenvalue weighted by Gasteiger charge is -2.07. The van der Waals surface area contributed by atoms with Gasteiger partial charge < -0.3 is 19.3 Å². The van der Waals surface area contributed by atoms with E-state index in [0.29, 0.717) is 0 Å². The number of carboxylic acids is 1. The van der Waals surface area contributed by atoms with Gasteiger partial charge in [-0.25, -0.2) is 9.59 Å². The fourth-order valence-corrected chi connectivity index (χ4v) is 1.51. The molecule has 0 aliphatic carbocycles. The highest BCUT2D eigenvalue weighted by Crippen LogP contribution is 2.16. The predicted octanol–water partition coefficient (Wildman–Crippen LogP) is 1.07. The number of esters is 1. The Hall–Kier alpha value is -2.50. The third-order valence-corrected chi connectivity index (χ3v) is 2.38. The van der Waals surface area contributed by atoms with Gasteiger partial charge in [-0.3, -0.25) is 0 Å². The van der Waals surface area contributed by atoms with Gasteiger partial charge in [0.05, 0.1) is 0 Å². The van der Waals surface area contributed by atoms with E-state index < -0.39 is 17.5 Å². The van der Waals surface area contributed by atoms with Crippen LogP contribution in [0.25, 0.3) is 0 Å². The van der Waals surface area contributed by atoms with Crippen LogP contribution in [0.15, 0.2) is 41.9 Å². The zero-order valence-corrected chi connectivity index (χ0v) is 10.00. The number of carboxylic acid groups (broad SMARTS) is 1. The number of aliphatic carboxylic acids is 1. The minimum Gasteiger partial charge on any atom is -0.477 e. The highest BCUT2D eigenvalue weighted by molar-refractivity contribution is 6.13. The highest BCUT2D eigenvalue weighted by Gasteiger charge is 2.29. The minimum atomic E-state index is -1.44. The molecule has 2 rings (SSSR count). The smallest absolute Gasteiger partial charge is 0.353 e. The van der Waals surface area contributed by atoms with E-state index in [0.717, 1.165) is 5.56 Å². The molecule has 1 heterocycles. The fraction of sp³-hybridized carbons (Fsp3) is 0.231. The molecule has 100 valence electrons. The van der Waals surface area contributed by atoms with Gasteiger partial charge in [0.1, 0.15) is 19.8 Å². The van der Waals surface area contributed by atoms with Crippen molar-refractivity contribution >= 4 is 11.9 Å². The molecule has 1 aromatic carbocycles. The van der Waals surface area contributed by atoms with Crippen molar-refractivity contribution in [3.8, 4) is 0 Å². The van der Waals surface area contributed by atoms with Gasteiger partial charge in [0.15, 0.2) is 0 Å². The van der Waals surface area contributed by atoms with Crippen LogP contribution >= 0.6 is 0 Å². The Labute approximate surface area is 109 Å². The van der Waals surface area contributed by atoms with E-state index in [9.17, 15) is 9.59 Å². The molecule has 1 aliphatic heterocycles. The number of hydrogen-bond acceptors (Lipinski definition) is 5. The molecule has 0 saturated carbocycles. The van der Waals surface area contributed by atoms with Gasteiger partial charge in [-0.2, -0.15) is 0 Å². The van der Waals surface area contributed by atoms with Crippen molar-refractivity contribution < 1.29 is 28.9 Å². The molecule has 0 atom stereocenters. The van der Waals surface area contributed by atoms with Gasteiger partial charge in [-0.15, -0.1) is 0 Å². The summed E-state index contributed by atoms with van der Waals surface area (Å²) in [5.41, 5.74) is 0.146. The Morgan fingerprint density at radius 1 is 1.16 bits per heavy atom. The first-order chi connectivity index (χ1) is 9.18. The van der Waals surface area contributed by atoms with Crippen LogP contribution in [0, 0.1) is 0 Å². The molecule has 0 spiro atoms. The maximum atomic E-state index is 11.7. The molecule has 19 heavy (non-hydrogen) atoms. The van der Waals surface area contributed by atoms with Crippen LogP contribution in [0.4, 0.5) is 0 Å². The quantitative estimate of drug-likeness (QED) is 0.379. The largest absolute Gasteiger partial charge is 0.477 e. The van der Waals surface area contributed by atoms with Crippen molar-refractivity contribution in [2.45, 2.75) is 6.61 Å². The average Bonchev–Trinajstić information content (AvgIpc) is 2.91. The molecule has 6 heteroatoms. The molecule has 0 amide bonds. The lowest BCUT2D eigenvalue weighted by molar-refractivity contribution is -0.146. The molecule has 0 aromatic heterocycles. The number of ether oxygens (including phenoxy) is 3. The number of carbonyl (C=O) groups is 2. The zero-order valence-electron chi connectivity index (χ0n) is 10.00. The first kappa shape index (κ1) is 12.9. The Kier molecular flexibility index (Phi) is 4.02. The van der Waals surface area contributed by atoms with Crippen molar-refractivity contribution in [2.24, 2.45) is 0 Å². The Balaban J connectivity index is 2.05. The van der Waals surface area contributed by atoms with Crippen molar-refractivity contribution in [1.29, 1.82) is 0 Å². The van der Waals surface area contributed by atoms with Crippen molar-refractivity contribution in [1.82, 2.24) is 0 Å². The molecular weight excluding hydrogens is 252 g/mol. The summed E-state index contributed by atoms with van der Waals surface area (Å²) in [4.78, 5) is 22.7. The van der Waals surface area contributed by atoms with E-state index in [2.05, 4.69) is 0 Å². The van der Waals surface area contributed by atoms with Crippen molar-refractivity contribution in [3.05, 3.63) is 47.4 Å². The summed E-state index contributed by atoms with van der Waals surface area (Å²) in [6.07, 6.45) is 0. The molecule has 6 nitrogen and oxygen atoms in total. The monoisotopic (exact) mass is 264 g/mol. The summed E-state index contributed by atoms with van der Waals surface area (Å²) in [5.74, 6) is -2.70. The molecule has 1 N–H and O–H groups in total. The lowest BCUT2D eigenvalue weighted by Crippen LogP contribution is -2.18. The van der Waals surface area contributed by atoms with Crippen LogP contribution in [-0.2, 0) is 30.4 Å². The molecule has 1 aromatic rings. The molecule has 0 radical (unpaired) electrons. The van der Waals surface area contributed by atoms with E-state index >= 15 is 0 Å². The first-order valence-electron chi connectivity index (χ1n) is 5.62. The molecular formula is C13H12O6. The predicted molar refractivity (Wildman–Crippen MR) is 62.8 cm³/mol. The maximum absolute atomic E-state index is 11.7. The Morgan fingerprint density at radius 2 is 1.79 bits per heavy atom. The molecule has 1 saturated heterocycles. The van der Waals surface area contributed by atoms with Crippen LogP contribution in [-0.4, -0.2) is 30.3 Å². The number of carbonyl (C=O) groups excluding carboxylic acids is 1. The van der Waals surface area contributed by atoms with Crippen LogP contribution in [0.1, 0.15) is 5.56 Å². The van der Waals surface area contributed by atoms with Crippen LogP contribution in [0.3, 0.4) is 0 Å². The third kappa shape index (κ3) is 3.25. The SMILES string of the molecule is O=C(O)C(C(=O)OCc1ccccc1)=C1OCCO1. The van der Waals surface area contributed by atoms with Gasteiger partial charge in [-0.05, 0) is 5.56 Å². The Bertz CT molecular complexity index is 497. The number of benzene rings is 1. The molecule has 1 fully saturated rings. The van der Waals surface area contributed by atoms with E-state index in [4.69, 9.17) is 19.3 Å². The second-order valence-corrected chi connectivity index (χ2v) is 3.73. The molecule has 0 bridgehead atoms. The summed E-state index contributed by atoms with van der Waals surface area (Å²) < 4.78 is 14.8. The maximum Gasteiger partial charge on any atom is 0.353 e. The Morgan fingerprint density at radius 3 is 2.37 bits per heavy atom. The van der Waals surface area contributed by atoms with Crippen molar-refractivity contribution in [3.63, 3.8) is 0 Å².